The van der Waals surface area contributed by atoms with E-state index >= 15 is 0 Å². The molecule has 1 nitrogen and oxygen atoms in total. The predicted octanol–water partition coefficient (Wildman–Crippen LogP) is 4.81. The molecule has 1 atom stereocenters. The summed E-state index contributed by atoms with van der Waals surface area (Å²) in [5.74, 6) is 3.05. The number of benzene rings is 1. The van der Waals surface area contributed by atoms with Gasteiger partial charge >= 0.3 is 0 Å². The minimum atomic E-state index is 0.427. The fraction of sp³-hybridized carbons (Fsp3) is 0.684. The van der Waals surface area contributed by atoms with Gasteiger partial charge in [0.15, 0.2) is 0 Å². The second kappa shape index (κ2) is 4.87. The molecule has 4 saturated carbocycles. The van der Waals surface area contributed by atoms with Crippen LogP contribution in [-0.2, 0) is 11.3 Å². The van der Waals surface area contributed by atoms with Gasteiger partial charge in [0.1, 0.15) is 0 Å². The fourth-order valence-corrected chi connectivity index (χ4v) is 5.65. The lowest BCUT2D eigenvalue weighted by Gasteiger charge is -2.58. The highest BCUT2D eigenvalue weighted by atomic mass is 16.5. The monoisotopic (exact) mass is 270 g/mol. The van der Waals surface area contributed by atoms with Crippen molar-refractivity contribution in [2.45, 2.75) is 58.2 Å². The maximum absolute atomic E-state index is 6.31. The number of rotatable bonds is 4. The average Bonchev–Trinajstić information content (AvgIpc) is 2.44. The molecule has 1 heteroatoms. The largest absolute Gasteiger partial charge is 0.373 e. The Labute approximate surface area is 122 Å². The van der Waals surface area contributed by atoms with Gasteiger partial charge in [0.25, 0.3) is 0 Å². The van der Waals surface area contributed by atoms with E-state index in [4.69, 9.17) is 4.74 Å². The van der Waals surface area contributed by atoms with Gasteiger partial charge in [0.05, 0.1) is 12.7 Å². The van der Waals surface area contributed by atoms with E-state index < -0.39 is 0 Å². The van der Waals surface area contributed by atoms with Crippen molar-refractivity contribution in [1.29, 1.82) is 0 Å². The predicted molar refractivity (Wildman–Crippen MR) is 81.3 cm³/mol. The van der Waals surface area contributed by atoms with Crippen LogP contribution in [0, 0.1) is 23.2 Å². The molecular weight excluding hydrogens is 244 g/mol. The Kier molecular flexibility index (Phi) is 3.14. The Morgan fingerprint density at radius 2 is 1.55 bits per heavy atom. The highest BCUT2D eigenvalue weighted by Crippen LogP contribution is 2.61. The summed E-state index contributed by atoms with van der Waals surface area (Å²) < 4.78 is 6.31. The summed E-state index contributed by atoms with van der Waals surface area (Å²) in [6.45, 7) is 3.12. The van der Waals surface area contributed by atoms with Crippen molar-refractivity contribution in [1.82, 2.24) is 0 Å². The van der Waals surface area contributed by atoms with Crippen LogP contribution in [0.25, 0.3) is 0 Å². The molecule has 5 rings (SSSR count). The normalized spacial score (nSPS) is 40.0. The van der Waals surface area contributed by atoms with E-state index in [2.05, 4.69) is 37.3 Å². The molecule has 4 aliphatic rings. The van der Waals surface area contributed by atoms with Crippen molar-refractivity contribution in [2.24, 2.45) is 23.2 Å². The van der Waals surface area contributed by atoms with E-state index in [1.165, 1.54) is 44.1 Å². The Morgan fingerprint density at radius 3 is 2.10 bits per heavy atom. The van der Waals surface area contributed by atoms with E-state index in [0.29, 0.717) is 11.5 Å². The van der Waals surface area contributed by atoms with Gasteiger partial charge in [-0.2, -0.15) is 0 Å². The topological polar surface area (TPSA) is 9.23 Å². The lowest BCUT2D eigenvalue weighted by Crippen LogP contribution is -2.51. The van der Waals surface area contributed by atoms with E-state index in [1.54, 1.807) is 0 Å². The van der Waals surface area contributed by atoms with Crippen LogP contribution in [0.1, 0.15) is 51.0 Å². The zero-order valence-corrected chi connectivity index (χ0v) is 12.6. The van der Waals surface area contributed by atoms with E-state index in [-0.39, 0.29) is 0 Å². The molecule has 108 valence electrons. The summed E-state index contributed by atoms with van der Waals surface area (Å²) in [7, 11) is 0. The molecule has 1 unspecified atom stereocenters. The summed E-state index contributed by atoms with van der Waals surface area (Å²) in [4.78, 5) is 0. The fourth-order valence-electron chi connectivity index (χ4n) is 5.65. The first-order chi connectivity index (χ1) is 9.73. The maximum atomic E-state index is 6.31. The van der Waals surface area contributed by atoms with Crippen LogP contribution in [0.15, 0.2) is 30.3 Å². The van der Waals surface area contributed by atoms with E-state index in [1.807, 2.05) is 0 Å². The standard InChI is InChI=1S/C19H26O/c1-14(20-13-15-5-3-2-4-6-15)19-10-16-7-17(11-19)9-18(8-16)12-19/h2-6,14,16-18H,7-13H2,1H3. The molecular formula is C19H26O. The summed E-state index contributed by atoms with van der Waals surface area (Å²) >= 11 is 0. The van der Waals surface area contributed by atoms with Crippen molar-refractivity contribution in [3.8, 4) is 0 Å². The van der Waals surface area contributed by atoms with Gasteiger partial charge in [-0.25, -0.2) is 0 Å². The third-order valence-corrected chi connectivity index (χ3v) is 6.29. The zero-order chi connectivity index (χ0) is 13.6. The molecule has 0 saturated heterocycles. The Balaban J connectivity index is 1.44. The molecule has 20 heavy (non-hydrogen) atoms. The molecule has 4 aliphatic carbocycles. The van der Waals surface area contributed by atoms with Crippen LogP contribution in [0.3, 0.4) is 0 Å². The maximum Gasteiger partial charge on any atom is 0.0720 e. The lowest BCUT2D eigenvalue weighted by molar-refractivity contribution is -0.139. The van der Waals surface area contributed by atoms with Crippen LogP contribution in [0.5, 0.6) is 0 Å². The Morgan fingerprint density at radius 1 is 1.00 bits per heavy atom. The summed E-state index contributed by atoms with van der Waals surface area (Å²) in [6, 6.07) is 10.6. The summed E-state index contributed by atoms with van der Waals surface area (Å²) in [6.07, 6.45) is 9.30. The van der Waals surface area contributed by atoms with Gasteiger partial charge in [-0.05, 0) is 74.2 Å². The highest BCUT2D eigenvalue weighted by molar-refractivity contribution is 5.13. The molecule has 0 aromatic heterocycles. The van der Waals surface area contributed by atoms with Gasteiger partial charge in [-0.3, -0.25) is 0 Å². The van der Waals surface area contributed by atoms with E-state index in [0.717, 1.165) is 24.4 Å². The molecule has 0 spiro atoms. The number of ether oxygens (including phenoxy) is 1. The van der Waals surface area contributed by atoms with Crippen LogP contribution < -0.4 is 0 Å². The minimum Gasteiger partial charge on any atom is -0.373 e. The van der Waals surface area contributed by atoms with Crippen LogP contribution in [0.4, 0.5) is 0 Å². The third-order valence-electron chi connectivity index (χ3n) is 6.29. The summed E-state index contributed by atoms with van der Waals surface area (Å²) in [5.41, 5.74) is 1.83. The molecule has 4 fully saturated rings. The van der Waals surface area contributed by atoms with Crippen molar-refractivity contribution in [3.05, 3.63) is 35.9 Å². The van der Waals surface area contributed by atoms with E-state index in [9.17, 15) is 0 Å². The minimum absolute atomic E-state index is 0.427. The van der Waals surface area contributed by atoms with Gasteiger partial charge in [0, 0.05) is 0 Å². The van der Waals surface area contributed by atoms with Crippen LogP contribution >= 0.6 is 0 Å². The molecule has 4 bridgehead atoms. The van der Waals surface area contributed by atoms with Crippen molar-refractivity contribution in [3.63, 3.8) is 0 Å². The second-order valence-corrected chi connectivity index (χ2v) is 7.72. The van der Waals surface area contributed by atoms with Crippen molar-refractivity contribution >= 4 is 0 Å². The molecule has 0 amide bonds. The van der Waals surface area contributed by atoms with Crippen molar-refractivity contribution in [2.75, 3.05) is 0 Å². The molecule has 0 N–H and O–H groups in total. The highest BCUT2D eigenvalue weighted by Gasteiger charge is 2.53. The van der Waals surface area contributed by atoms with Crippen molar-refractivity contribution < 1.29 is 4.74 Å². The van der Waals surface area contributed by atoms with Crippen LogP contribution in [-0.4, -0.2) is 6.10 Å². The SMILES string of the molecule is CC(OCc1ccccc1)C12CC3CC(CC(C3)C1)C2. The lowest BCUT2D eigenvalue weighted by atomic mass is 9.48. The van der Waals surface area contributed by atoms with Gasteiger partial charge in [-0.15, -0.1) is 0 Å². The third kappa shape index (κ3) is 2.20. The molecule has 0 heterocycles. The first-order valence-electron chi connectivity index (χ1n) is 8.39. The Hall–Kier alpha value is -0.820. The molecule has 0 radical (unpaired) electrons. The average molecular weight is 270 g/mol. The summed E-state index contributed by atoms with van der Waals surface area (Å²) in [5, 5.41) is 0. The quantitative estimate of drug-likeness (QED) is 0.763. The first kappa shape index (κ1) is 12.9. The van der Waals surface area contributed by atoms with Gasteiger partial charge in [0.2, 0.25) is 0 Å². The molecule has 1 aromatic carbocycles. The number of hydrogen-bond donors (Lipinski definition) is 0. The molecule has 1 aromatic rings. The van der Waals surface area contributed by atoms with Gasteiger partial charge < -0.3 is 4.74 Å². The first-order valence-corrected chi connectivity index (χ1v) is 8.39. The molecule has 0 aliphatic heterocycles. The Bertz CT molecular complexity index is 429. The van der Waals surface area contributed by atoms with Crippen LogP contribution in [0.2, 0.25) is 0 Å². The van der Waals surface area contributed by atoms with Gasteiger partial charge in [-0.1, -0.05) is 30.3 Å². The zero-order valence-electron chi connectivity index (χ0n) is 12.6. The smallest absolute Gasteiger partial charge is 0.0720 e. The number of hydrogen-bond acceptors (Lipinski definition) is 1. The second-order valence-electron chi connectivity index (χ2n) is 7.72.